The van der Waals surface area contributed by atoms with E-state index < -0.39 is 34.0 Å². The molecular weight excluding hydrogens is 386 g/mol. The molecule has 2 rings (SSSR count). The lowest BCUT2D eigenvalue weighted by atomic mass is 10.1. The van der Waals surface area contributed by atoms with E-state index in [0.717, 1.165) is 0 Å². The van der Waals surface area contributed by atoms with Crippen molar-refractivity contribution in [2.45, 2.75) is 32.4 Å². The van der Waals surface area contributed by atoms with Gasteiger partial charge in [0.05, 0.1) is 11.8 Å². The average molecular weight is 413 g/mol. The number of rotatable bonds is 8. The van der Waals surface area contributed by atoms with Crippen molar-refractivity contribution >= 4 is 21.9 Å². The summed E-state index contributed by atoms with van der Waals surface area (Å²) < 4.78 is 25.7. The largest absolute Gasteiger partial charge is 0.508 e. The number of nitrogens with one attached hydrogen (secondary N) is 1. The summed E-state index contributed by atoms with van der Waals surface area (Å²) in [5, 5.41) is 21.7. The molecule has 1 aromatic rings. The first-order chi connectivity index (χ1) is 13.2. The molecule has 0 saturated carbocycles. The van der Waals surface area contributed by atoms with Gasteiger partial charge in [0.1, 0.15) is 11.8 Å². The summed E-state index contributed by atoms with van der Waals surface area (Å²) in [7, 11) is -3.31. The first-order valence-corrected chi connectivity index (χ1v) is 10.8. The number of sulfonamides is 1. The summed E-state index contributed by atoms with van der Waals surface area (Å²) in [5.41, 5.74) is 0.310. The van der Waals surface area contributed by atoms with Crippen LogP contribution in [0, 0.1) is 0 Å². The molecule has 0 aliphatic carbocycles. The van der Waals surface area contributed by atoms with Crippen molar-refractivity contribution in [3.63, 3.8) is 0 Å². The molecular formula is C18H27N3O6S. The maximum Gasteiger partial charge on any atom is 0.323 e. The van der Waals surface area contributed by atoms with Gasteiger partial charge in [0.2, 0.25) is 10.0 Å². The Morgan fingerprint density at radius 2 is 1.71 bits per heavy atom. The van der Waals surface area contributed by atoms with Crippen molar-refractivity contribution < 1.29 is 28.2 Å². The van der Waals surface area contributed by atoms with Gasteiger partial charge >= 0.3 is 5.97 Å². The van der Waals surface area contributed by atoms with E-state index in [-0.39, 0.29) is 37.7 Å². The zero-order chi connectivity index (χ0) is 20.9. The van der Waals surface area contributed by atoms with Crippen LogP contribution in [-0.4, -0.2) is 83.7 Å². The van der Waals surface area contributed by atoms with Crippen LogP contribution in [0.15, 0.2) is 24.3 Å². The number of carboxylic acid groups (broad SMARTS) is 1. The second-order valence-electron chi connectivity index (χ2n) is 6.84. The molecule has 1 heterocycles. The van der Waals surface area contributed by atoms with Crippen LogP contribution >= 0.6 is 0 Å². The van der Waals surface area contributed by atoms with Gasteiger partial charge in [-0.2, -0.15) is 4.31 Å². The summed E-state index contributed by atoms with van der Waals surface area (Å²) in [5.74, 6) is -1.41. The third kappa shape index (κ3) is 5.43. The van der Waals surface area contributed by atoms with E-state index in [1.165, 1.54) is 28.6 Å². The number of carbonyl (C=O) groups is 2. The van der Waals surface area contributed by atoms with Crippen LogP contribution in [-0.2, 0) is 14.8 Å². The zero-order valence-electron chi connectivity index (χ0n) is 16.0. The SMILES string of the molecule is CCCS(=O)(=O)N1CCN(C(C(=O)O)C(C)NC(=O)c2ccc(O)cc2)CC1. The number of amides is 1. The molecule has 0 spiro atoms. The summed E-state index contributed by atoms with van der Waals surface area (Å²) in [4.78, 5) is 25.8. The number of aromatic hydroxyl groups is 1. The Morgan fingerprint density at radius 1 is 1.14 bits per heavy atom. The fourth-order valence-corrected chi connectivity index (χ4v) is 4.81. The van der Waals surface area contributed by atoms with E-state index >= 15 is 0 Å². The maximum atomic E-state index is 12.3. The van der Waals surface area contributed by atoms with Crippen molar-refractivity contribution in [3.05, 3.63) is 29.8 Å². The normalized spacial score (nSPS) is 18.4. The minimum absolute atomic E-state index is 0.0314. The number of benzene rings is 1. The number of carbonyl (C=O) groups excluding carboxylic acids is 1. The van der Waals surface area contributed by atoms with Crippen LogP contribution in [0.5, 0.6) is 5.75 Å². The number of carboxylic acids is 1. The quantitative estimate of drug-likeness (QED) is 0.560. The zero-order valence-corrected chi connectivity index (χ0v) is 16.9. The lowest BCUT2D eigenvalue weighted by molar-refractivity contribution is -0.144. The van der Waals surface area contributed by atoms with Gasteiger partial charge in [0, 0.05) is 31.7 Å². The Kier molecular flexibility index (Phi) is 7.39. The van der Waals surface area contributed by atoms with Gasteiger partial charge < -0.3 is 15.5 Å². The first kappa shape index (κ1) is 22.1. The lowest BCUT2D eigenvalue weighted by Gasteiger charge is -2.39. The third-order valence-corrected chi connectivity index (χ3v) is 6.81. The van der Waals surface area contributed by atoms with Gasteiger partial charge in [0.25, 0.3) is 5.91 Å². The Morgan fingerprint density at radius 3 is 2.21 bits per heavy atom. The number of hydrogen-bond donors (Lipinski definition) is 3. The van der Waals surface area contributed by atoms with Crippen LogP contribution in [0.1, 0.15) is 30.6 Å². The van der Waals surface area contributed by atoms with E-state index in [1.54, 1.807) is 18.7 Å². The van der Waals surface area contributed by atoms with Crippen LogP contribution in [0.4, 0.5) is 0 Å². The smallest absolute Gasteiger partial charge is 0.323 e. The van der Waals surface area contributed by atoms with Gasteiger partial charge in [-0.1, -0.05) is 6.92 Å². The molecule has 9 nitrogen and oxygen atoms in total. The molecule has 0 aromatic heterocycles. The number of piperazine rings is 1. The van der Waals surface area contributed by atoms with Crippen LogP contribution < -0.4 is 5.32 Å². The molecule has 28 heavy (non-hydrogen) atoms. The minimum atomic E-state index is -3.31. The standard InChI is InChI=1S/C18H27N3O6S/c1-3-12-28(26,27)21-10-8-20(9-11-21)16(18(24)25)13(2)19-17(23)14-4-6-15(22)7-5-14/h4-7,13,16,22H,3,8-12H2,1-2H3,(H,19,23)(H,24,25). The second kappa shape index (κ2) is 9.35. The fraction of sp³-hybridized carbons (Fsp3) is 0.556. The highest BCUT2D eigenvalue weighted by molar-refractivity contribution is 7.89. The molecule has 0 radical (unpaired) electrons. The summed E-state index contributed by atoms with van der Waals surface area (Å²) in [6.07, 6.45) is 0.528. The molecule has 2 atom stereocenters. The van der Waals surface area contributed by atoms with Gasteiger partial charge in [0.15, 0.2) is 0 Å². The molecule has 10 heteroatoms. The van der Waals surface area contributed by atoms with E-state index in [1.807, 2.05) is 0 Å². The summed E-state index contributed by atoms with van der Waals surface area (Å²) in [6, 6.07) is 3.98. The van der Waals surface area contributed by atoms with Crippen molar-refractivity contribution in [1.29, 1.82) is 0 Å². The topological polar surface area (TPSA) is 127 Å². The predicted octanol–water partition coefficient (Wildman–Crippen LogP) is 0.321. The first-order valence-electron chi connectivity index (χ1n) is 9.20. The third-order valence-electron chi connectivity index (χ3n) is 4.74. The van der Waals surface area contributed by atoms with E-state index in [4.69, 9.17) is 0 Å². The molecule has 1 fully saturated rings. The average Bonchev–Trinajstić information content (AvgIpc) is 2.62. The van der Waals surface area contributed by atoms with Gasteiger partial charge in [-0.15, -0.1) is 0 Å². The molecule has 1 aromatic carbocycles. The number of aliphatic carboxylic acids is 1. The van der Waals surface area contributed by atoms with Crippen molar-refractivity contribution in [2.75, 3.05) is 31.9 Å². The molecule has 2 unspecified atom stereocenters. The Hall–Kier alpha value is -2.17. The minimum Gasteiger partial charge on any atom is -0.508 e. The molecule has 0 bridgehead atoms. The number of nitrogens with zero attached hydrogens (tertiary/aromatic N) is 2. The van der Waals surface area contributed by atoms with E-state index in [2.05, 4.69) is 5.32 Å². The number of phenolic OH excluding ortho intramolecular Hbond substituents is 1. The second-order valence-corrected chi connectivity index (χ2v) is 8.93. The van der Waals surface area contributed by atoms with Crippen LogP contribution in [0.2, 0.25) is 0 Å². The molecule has 156 valence electrons. The van der Waals surface area contributed by atoms with Crippen molar-refractivity contribution in [1.82, 2.24) is 14.5 Å². The Balaban J connectivity index is 2.02. The lowest BCUT2D eigenvalue weighted by Crippen LogP contribution is -2.60. The molecule has 1 aliphatic rings. The molecule has 1 aliphatic heterocycles. The summed E-state index contributed by atoms with van der Waals surface area (Å²) >= 11 is 0. The predicted molar refractivity (Wildman–Crippen MR) is 104 cm³/mol. The Labute approximate surface area is 165 Å². The van der Waals surface area contributed by atoms with Crippen LogP contribution in [0.25, 0.3) is 0 Å². The summed E-state index contributed by atoms with van der Waals surface area (Å²) in [6.45, 7) is 4.41. The van der Waals surface area contributed by atoms with Crippen molar-refractivity contribution in [2.24, 2.45) is 0 Å². The van der Waals surface area contributed by atoms with Gasteiger partial charge in [-0.25, -0.2) is 8.42 Å². The van der Waals surface area contributed by atoms with E-state index in [0.29, 0.717) is 12.0 Å². The van der Waals surface area contributed by atoms with Crippen molar-refractivity contribution in [3.8, 4) is 5.75 Å². The number of phenols is 1. The van der Waals surface area contributed by atoms with Crippen LogP contribution in [0.3, 0.4) is 0 Å². The Bertz CT molecular complexity index is 788. The highest BCUT2D eigenvalue weighted by Gasteiger charge is 2.36. The fourth-order valence-electron chi connectivity index (χ4n) is 3.32. The molecule has 1 saturated heterocycles. The van der Waals surface area contributed by atoms with Gasteiger partial charge in [-0.3, -0.25) is 14.5 Å². The molecule has 1 amide bonds. The van der Waals surface area contributed by atoms with E-state index in [9.17, 15) is 28.2 Å². The molecule has 3 N–H and O–H groups in total. The maximum absolute atomic E-state index is 12.3. The highest BCUT2D eigenvalue weighted by atomic mass is 32.2. The number of hydrogen-bond acceptors (Lipinski definition) is 6. The monoisotopic (exact) mass is 413 g/mol. The van der Waals surface area contributed by atoms with Gasteiger partial charge in [-0.05, 0) is 37.6 Å². The highest BCUT2D eigenvalue weighted by Crippen LogP contribution is 2.15.